The van der Waals surface area contributed by atoms with Crippen molar-refractivity contribution in [1.29, 1.82) is 0 Å². The summed E-state index contributed by atoms with van der Waals surface area (Å²) in [6.45, 7) is 10.8. The highest BCUT2D eigenvalue weighted by atomic mass is 28.3. The second-order valence-electron chi connectivity index (χ2n) is 7.09. The standard InChI is InChI=1S/C13H26O4Si/c1-13(2)16-11-10(14)9(15-12(11)17-13)7-6-8-18(3,4)5/h9-12,14H,6-8H2,1-5H3/t9-,10+,11?,12?/m1/s1. The number of ether oxygens (including phenoxy) is 3. The molecule has 0 radical (unpaired) electrons. The molecule has 4 atom stereocenters. The Balaban J connectivity index is 1.81. The minimum atomic E-state index is -1.00. The molecular formula is C13H26O4Si. The van der Waals surface area contributed by atoms with Gasteiger partial charge in [-0.1, -0.05) is 32.1 Å². The van der Waals surface area contributed by atoms with Gasteiger partial charge in [-0.15, -0.1) is 0 Å². The smallest absolute Gasteiger partial charge is 0.190 e. The zero-order valence-corrected chi connectivity index (χ0v) is 13.1. The molecule has 2 unspecified atom stereocenters. The van der Waals surface area contributed by atoms with E-state index in [-0.39, 0.29) is 12.2 Å². The average Bonchev–Trinajstić information content (AvgIpc) is 2.61. The van der Waals surface area contributed by atoms with Crippen molar-refractivity contribution in [2.75, 3.05) is 0 Å². The van der Waals surface area contributed by atoms with E-state index in [2.05, 4.69) is 19.6 Å². The van der Waals surface area contributed by atoms with Crippen LogP contribution in [0.1, 0.15) is 26.7 Å². The van der Waals surface area contributed by atoms with Crippen LogP contribution in [0, 0.1) is 0 Å². The Morgan fingerprint density at radius 2 is 1.83 bits per heavy atom. The van der Waals surface area contributed by atoms with Gasteiger partial charge in [0.1, 0.15) is 12.2 Å². The second-order valence-corrected chi connectivity index (χ2v) is 12.7. The van der Waals surface area contributed by atoms with Crippen molar-refractivity contribution in [3.63, 3.8) is 0 Å². The maximum atomic E-state index is 10.2. The molecule has 2 saturated heterocycles. The van der Waals surface area contributed by atoms with Gasteiger partial charge in [-0.2, -0.15) is 0 Å². The van der Waals surface area contributed by atoms with Crippen LogP contribution in [0.4, 0.5) is 0 Å². The van der Waals surface area contributed by atoms with Gasteiger partial charge in [-0.25, -0.2) is 0 Å². The molecule has 5 heteroatoms. The van der Waals surface area contributed by atoms with Crippen molar-refractivity contribution in [3.8, 4) is 0 Å². The van der Waals surface area contributed by atoms with E-state index >= 15 is 0 Å². The van der Waals surface area contributed by atoms with Crippen molar-refractivity contribution >= 4 is 8.07 Å². The molecule has 1 N–H and O–H groups in total. The number of aliphatic hydroxyl groups excluding tert-OH is 1. The van der Waals surface area contributed by atoms with Gasteiger partial charge < -0.3 is 19.3 Å². The first-order chi connectivity index (χ1) is 8.18. The maximum Gasteiger partial charge on any atom is 0.190 e. The molecule has 0 aromatic carbocycles. The summed E-state index contributed by atoms with van der Waals surface area (Å²) in [6, 6.07) is 1.27. The highest BCUT2D eigenvalue weighted by molar-refractivity contribution is 6.76. The predicted molar refractivity (Wildman–Crippen MR) is 72.1 cm³/mol. The molecular weight excluding hydrogens is 248 g/mol. The third kappa shape index (κ3) is 3.33. The number of rotatable bonds is 4. The Kier molecular flexibility index (Phi) is 3.91. The van der Waals surface area contributed by atoms with E-state index in [0.717, 1.165) is 12.8 Å². The lowest BCUT2D eigenvalue weighted by molar-refractivity contribution is -0.215. The van der Waals surface area contributed by atoms with E-state index in [1.807, 2.05) is 13.8 Å². The summed E-state index contributed by atoms with van der Waals surface area (Å²) in [4.78, 5) is 0. The zero-order valence-electron chi connectivity index (χ0n) is 12.1. The summed E-state index contributed by atoms with van der Waals surface area (Å²) in [5.74, 6) is -0.639. The van der Waals surface area contributed by atoms with E-state index < -0.39 is 26.3 Å². The minimum Gasteiger partial charge on any atom is -0.387 e. The Labute approximate surface area is 111 Å². The topological polar surface area (TPSA) is 47.9 Å². The highest BCUT2D eigenvalue weighted by Crippen LogP contribution is 2.38. The molecule has 2 fully saturated rings. The Morgan fingerprint density at radius 3 is 2.39 bits per heavy atom. The Hall–Kier alpha value is 0.0569. The van der Waals surface area contributed by atoms with Crippen LogP contribution in [0.5, 0.6) is 0 Å². The average molecular weight is 274 g/mol. The van der Waals surface area contributed by atoms with Crippen LogP contribution in [0.25, 0.3) is 0 Å². The molecule has 106 valence electrons. The van der Waals surface area contributed by atoms with Crippen LogP contribution in [0.3, 0.4) is 0 Å². The van der Waals surface area contributed by atoms with E-state index in [0.29, 0.717) is 0 Å². The van der Waals surface area contributed by atoms with Gasteiger partial charge in [0.05, 0.1) is 6.10 Å². The minimum absolute atomic E-state index is 0.132. The summed E-state index contributed by atoms with van der Waals surface area (Å²) in [5.41, 5.74) is 0. The molecule has 0 bridgehead atoms. The molecule has 2 heterocycles. The maximum absolute atomic E-state index is 10.2. The lowest BCUT2D eigenvalue weighted by Gasteiger charge is -2.23. The normalized spacial score (nSPS) is 39.0. The van der Waals surface area contributed by atoms with Crippen LogP contribution in [-0.4, -0.2) is 43.6 Å². The van der Waals surface area contributed by atoms with Crippen LogP contribution >= 0.6 is 0 Å². The van der Waals surface area contributed by atoms with Crippen LogP contribution < -0.4 is 0 Å². The molecule has 0 aromatic rings. The first kappa shape index (κ1) is 14.5. The molecule has 0 aromatic heterocycles. The van der Waals surface area contributed by atoms with Crippen LogP contribution in [0.2, 0.25) is 25.7 Å². The van der Waals surface area contributed by atoms with Crippen molar-refractivity contribution < 1.29 is 19.3 Å². The van der Waals surface area contributed by atoms with Crippen molar-refractivity contribution in [2.24, 2.45) is 0 Å². The molecule has 4 nitrogen and oxygen atoms in total. The number of aliphatic hydroxyl groups is 1. The quantitative estimate of drug-likeness (QED) is 0.799. The third-order valence-electron chi connectivity index (χ3n) is 3.53. The molecule has 2 aliphatic rings. The van der Waals surface area contributed by atoms with Gasteiger partial charge in [0.2, 0.25) is 0 Å². The summed E-state index contributed by atoms with van der Waals surface area (Å²) in [7, 11) is -1.00. The molecule has 0 aliphatic carbocycles. The Morgan fingerprint density at radius 1 is 1.17 bits per heavy atom. The van der Waals surface area contributed by atoms with Crippen LogP contribution in [-0.2, 0) is 14.2 Å². The predicted octanol–water partition coefficient (Wildman–Crippen LogP) is 2.34. The summed E-state index contributed by atoms with van der Waals surface area (Å²) >= 11 is 0. The monoisotopic (exact) mass is 274 g/mol. The summed E-state index contributed by atoms with van der Waals surface area (Å²) in [6.07, 6.45) is 0.598. The number of hydrogen-bond donors (Lipinski definition) is 1. The van der Waals surface area contributed by atoms with Gasteiger partial charge in [-0.3, -0.25) is 0 Å². The van der Waals surface area contributed by atoms with E-state index in [4.69, 9.17) is 14.2 Å². The van der Waals surface area contributed by atoms with Gasteiger partial charge in [0, 0.05) is 8.07 Å². The van der Waals surface area contributed by atoms with Crippen molar-refractivity contribution in [2.45, 2.75) is 82.8 Å². The first-order valence-corrected chi connectivity index (χ1v) is 10.6. The van der Waals surface area contributed by atoms with Crippen molar-refractivity contribution in [3.05, 3.63) is 0 Å². The van der Waals surface area contributed by atoms with E-state index in [9.17, 15) is 5.11 Å². The highest BCUT2D eigenvalue weighted by Gasteiger charge is 2.53. The molecule has 2 rings (SSSR count). The lowest BCUT2D eigenvalue weighted by atomic mass is 10.1. The SMILES string of the molecule is CC1(C)OC2O[C@H](CCC[Si](C)(C)C)[C@H](O)C2O1. The van der Waals surface area contributed by atoms with E-state index in [1.165, 1.54) is 6.04 Å². The fourth-order valence-corrected chi connectivity index (χ4v) is 3.90. The van der Waals surface area contributed by atoms with Crippen LogP contribution in [0.15, 0.2) is 0 Å². The lowest BCUT2D eigenvalue weighted by Crippen LogP contribution is -2.34. The van der Waals surface area contributed by atoms with Crippen molar-refractivity contribution in [1.82, 2.24) is 0 Å². The third-order valence-corrected chi connectivity index (χ3v) is 5.38. The largest absolute Gasteiger partial charge is 0.387 e. The molecule has 0 saturated carbocycles. The molecule has 18 heavy (non-hydrogen) atoms. The van der Waals surface area contributed by atoms with E-state index in [1.54, 1.807) is 0 Å². The van der Waals surface area contributed by atoms with Gasteiger partial charge >= 0.3 is 0 Å². The molecule has 2 aliphatic heterocycles. The number of hydrogen-bond acceptors (Lipinski definition) is 4. The zero-order chi connectivity index (χ0) is 13.6. The fraction of sp³-hybridized carbons (Fsp3) is 1.00. The van der Waals surface area contributed by atoms with Gasteiger partial charge in [0.15, 0.2) is 12.1 Å². The Bertz CT molecular complexity index is 300. The second kappa shape index (κ2) is 4.87. The fourth-order valence-electron chi connectivity index (χ4n) is 2.63. The van der Waals surface area contributed by atoms with Gasteiger partial charge in [0.25, 0.3) is 0 Å². The summed E-state index contributed by atoms with van der Waals surface area (Å²) < 4.78 is 17.1. The molecule has 0 spiro atoms. The number of fused-ring (bicyclic) bond motifs is 1. The molecule has 0 amide bonds. The summed E-state index contributed by atoms with van der Waals surface area (Å²) in [5, 5.41) is 10.2. The first-order valence-electron chi connectivity index (χ1n) is 6.87. The van der Waals surface area contributed by atoms with Gasteiger partial charge in [-0.05, 0) is 20.3 Å².